The molecule has 1 unspecified atom stereocenters. The monoisotopic (exact) mass is 475 g/mol. The molecule has 1 aromatic carbocycles. The lowest BCUT2D eigenvalue weighted by molar-refractivity contribution is -0.119. The molecule has 0 spiro atoms. The van der Waals surface area contributed by atoms with Crippen LogP contribution in [0.2, 0.25) is 0 Å². The summed E-state index contributed by atoms with van der Waals surface area (Å²) in [7, 11) is 0. The van der Waals surface area contributed by atoms with Crippen LogP contribution in [0, 0.1) is 18.2 Å². The first-order valence-corrected chi connectivity index (χ1v) is 10.5. The van der Waals surface area contributed by atoms with Crippen LogP contribution in [-0.2, 0) is 16.1 Å². The van der Waals surface area contributed by atoms with Gasteiger partial charge in [-0.15, -0.1) is 0 Å². The van der Waals surface area contributed by atoms with Crippen molar-refractivity contribution in [1.82, 2.24) is 20.6 Å². The molecule has 5 N–H and O–H groups in total. The molecule has 0 bridgehead atoms. The standard InChI is InChI=1S/C21H26FN7O5/c1-12-16(19(31)27-20(32)26-12)9-24-5-6-28(11-23)18-4-3-14(7-17(18)22)29-10-15(34-21(29)33)8-25-13(2)30/h3-4,7,11,15,23-24H,5-6,8-10H2,1-2H3,(H,25,30)(H2,26,27,31,32). The predicted octanol–water partition coefficient (Wildman–Crippen LogP) is 0.175. The van der Waals surface area contributed by atoms with Crippen molar-refractivity contribution >= 4 is 29.7 Å². The molecule has 13 heteroatoms. The topological polar surface area (TPSA) is 163 Å². The SMILES string of the molecule is CC(=O)NCC1CN(c2ccc(N(C=N)CCNCc3c(C)[nH]c(=O)[nH]c3=O)c(F)c2)C(=O)O1. The Morgan fingerprint density at radius 3 is 2.76 bits per heavy atom. The van der Waals surface area contributed by atoms with Crippen molar-refractivity contribution in [2.24, 2.45) is 0 Å². The van der Waals surface area contributed by atoms with E-state index in [0.717, 1.165) is 6.34 Å². The van der Waals surface area contributed by atoms with Crippen molar-refractivity contribution in [1.29, 1.82) is 5.41 Å². The summed E-state index contributed by atoms with van der Waals surface area (Å²) in [6.07, 6.45) is -0.199. The summed E-state index contributed by atoms with van der Waals surface area (Å²) in [5.41, 5.74) is 0.204. The van der Waals surface area contributed by atoms with E-state index >= 15 is 0 Å². The number of nitrogens with zero attached hydrogens (tertiary/aromatic N) is 2. The third-order valence-electron chi connectivity index (χ3n) is 5.25. The van der Waals surface area contributed by atoms with Crippen LogP contribution >= 0.6 is 0 Å². The van der Waals surface area contributed by atoms with E-state index in [1.54, 1.807) is 13.0 Å². The number of hydrogen-bond acceptors (Lipinski definition) is 7. The molecular weight excluding hydrogens is 449 g/mol. The molecule has 1 aliphatic rings. The number of cyclic esters (lactones) is 1. The molecule has 2 heterocycles. The summed E-state index contributed by atoms with van der Waals surface area (Å²) in [6, 6.07) is 4.19. The fourth-order valence-electron chi connectivity index (χ4n) is 3.50. The van der Waals surface area contributed by atoms with Crippen molar-refractivity contribution in [3.05, 3.63) is 56.1 Å². The lowest BCUT2D eigenvalue weighted by atomic mass is 10.2. The van der Waals surface area contributed by atoms with Crippen molar-refractivity contribution in [2.75, 3.05) is 36.0 Å². The molecule has 2 aromatic rings. The van der Waals surface area contributed by atoms with Gasteiger partial charge in [0.15, 0.2) is 0 Å². The maximum Gasteiger partial charge on any atom is 0.414 e. The number of halogens is 1. The fraction of sp³-hybridized carbons (Fsp3) is 0.381. The Kier molecular flexibility index (Phi) is 7.79. The highest BCUT2D eigenvalue weighted by Gasteiger charge is 2.32. The molecule has 1 aliphatic heterocycles. The normalized spacial score (nSPS) is 15.2. The van der Waals surface area contributed by atoms with E-state index in [2.05, 4.69) is 20.6 Å². The van der Waals surface area contributed by atoms with Gasteiger partial charge < -0.3 is 25.3 Å². The molecule has 1 fully saturated rings. The van der Waals surface area contributed by atoms with E-state index in [0.29, 0.717) is 23.5 Å². The number of aromatic nitrogens is 2. The van der Waals surface area contributed by atoms with Gasteiger partial charge in [-0.25, -0.2) is 14.0 Å². The average Bonchev–Trinajstić information content (AvgIpc) is 3.14. The Bertz CT molecular complexity index is 1190. The van der Waals surface area contributed by atoms with Crippen molar-refractivity contribution < 1.29 is 18.7 Å². The molecule has 0 saturated carbocycles. The molecule has 34 heavy (non-hydrogen) atoms. The average molecular weight is 475 g/mol. The molecule has 182 valence electrons. The minimum atomic E-state index is -0.636. The largest absolute Gasteiger partial charge is 0.442 e. The third-order valence-corrected chi connectivity index (χ3v) is 5.25. The molecule has 12 nitrogen and oxygen atoms in total. The number of amides is 2. The van der Waals surface area contributed by atoms with E-state index < -0.39 is 29.3 Å². The maximum atomic E-state index is 14.9. The summed E-state index contributed by atoms with van der Waals surface area (Å²) in [6.45, 7) is 4.03. The Morgan fingerprint density at radius 1 is 1.35 bits per heavy atom. The van der Waals surface area contributed by atoms with Gasteiger partial charge in [-0.3, -0.25) is 24.9 Å². The zero-order valence-electron chi connectivity index (χ0n) is 18.7. The summed E-state index contributed by atoms with van der Waals surface area (Å²) < 4.78 is 20.0. The number of carbonyl (C=O) groups excluding carboxylic acids is 2. The van der Waals surface area contributed by atoms with Crippen molar-refractivity contribution in [3.63, 3.8) is 0 Å². The van der Waals surface area contributed by atoms with Gasteiger partial charge in [0.1, 0.15) is 11.9 Å². The van der Waals surface area contributed by atoms with Crippen LogP contribution in [0.3, 0.4) is 0 Å². The number of carbonyl (C=O) groups is 2. The van der Waals surface area contributed by atoms with Gasteiger partial charge in [0.05, 0.1) is 36.4 Å². The second kappa shape index (κ2) is 10.7. The zero-order chi connectivity index (χ0) is 24.8. The molecule has 3 rings (SSSR count). The van der Waals surface area contributed by atoms with Crippen LogP contribution in [0.25, 0.3) is 0 Å². The van der Waals surface area contributed by atoms with Crippen LogP contribution in [0.5, 0.6) is 0 Å². The minimum absolute atomic E-state index is 0.140. The Balaban J connectivity index is 1.60. The Hall–Kier alpha value is -4.00. The van der Waals surface area contributed by atoms with Gasteiger partial charge >= 0.3 is 11.8 Å². The summed E-state index contributed by atoms with van der Waals surface area (Å²) in [5, 5.41) is 13.2. The zero-order valence-corrected chi connectivity index (χ0v) is 18.7. The lowest BCUT2D eigenvalue weighted by Gasteiger charge is -2.21. The van der Waals surface area contributed by atoms with E-state index in [4.69, 9.17) is 10.1 Å². The quantitative estimate of drug-likeness (QED) is 0.186. The molecule has 2 amide bonds. The molecule has 1 atom stereocenters. The Morgan fingerprint density at radius 2 is 2.12 bits per heavy atom. The van der Waals surface area contributed by atoms with Crippen molar-refractivity contribution in [3.8, 4) is 0 Å². The highest BCUT2D eigenvalue weighted by Crippen LogP contribution is 2.27. The summed E-state index contributed by atoms with van der Waals surface area (Å²) in [5.74, 6) is -0.876. The number of nitrogens with one attached hydrogen (secondary N) is 5. The predicted molar refractivity (Wildman–Crippen MR) is 123 cm³/mol. The lowest BCUT2D eigenvalue weighted by Crippen LogP contribution is -2.34. The van der Waals surface area contributed by atoms with Crippen molar-refractivity contribution in [2.45, 2.75) is 26.5 Å². The first-order chi connectivity index (χ1) is 16.2. The Labute approximate surface area is 193 Å². The third kappa shape index (κ3) is 5.86. The fourth-order valence-corrected chi connectivity index (χ4v) is 3.50. The van der Waals surface area contributed by atoms with Gasteiger partial charge in [0, 0.05) is 32.3 Å². The number of aryl methyl sites for hydroxylation is 1. The summed E-state index contributed by atoms with van der Waals surface area (Å²) >= 11 is 0. The highest BCUT2D eigenvalue weighted by atomic mass is 19.1. The second-order valence-corrected chi connectivity index (χ2v) is 7.70. The number of aromatic amines is 2. The van der Waals surface area contributed by atoms with Gasteiger partial charge in [0.2, 0.25) is 5.91 Å². The molecule has 0 aliphatic carbocycles. The number of benzene rings is 1. The number of H-pyrrole nitrogens is 2. The van der Waals surface area contributed by atoms with Crippen LogP contribution in [0.15, 0.2) is 27.8 Å². The smallest absolute Gasteiger partial charge is 0.414 e. The number of ether oxygens (including phenoxy) is 1. The summed E-state index contributed by atoms with van der Waals surface area (Å²) in [4.78, 5) is 53.7. The second-order valence-electron chi connectivity index (χ2n) is 7.70. The van der Waals surface area contributed by atoms with E-state index in [-0.39, 0.29) is 37.8 Å². The van der Waals surface area contributed by atoms with Crippen LogP contribution in [0.1, 0.15) is 18.2 Å². The first kappa shape index (κ1) is 24.6. The maximum absolute atomic E-state index is 14.9. The van der Waals surface area contributed by atoms with Crippen LogP contribution in [0.4, 0.5) is 20.6 Å². The van der Waals surface area contributed by atoms with E-state index in [1.807, 2.05) is 0 Å². The molecule has 1 saturated heterocycles. The molecule has 0 radical (unpaired) electrons. The highest BCUT2D eigenvalue weighted by molar-refractivity contribution is 5.90. The molecular formula is C21H26FN7O5. The first-order valence-electron chi connectivity index (χ1n) is 10.5. The van der Waals surface area contributed by atoms with Gasteiger partial charge in [-0.1, -0.05) is 0 Å². The van der Waals surface area contributed by atoms with Crippen LogP contribution in [-0.4, -0.2) is 60.6 Å². The minimum Gasteiger partial charge on any atom is -0.442 e. The van der Waals surface area contributed by atoms with Gasteiger partial charge in [0.25, 0.3) is 5.56 Å². The van der Waals surface area contributed by atoms with Crippen LogP contribution < -0.4 is 31.7 Å². The van der Waals surface area contributed by atoms with Gasteiger partial charge in [-0.2, -0.15) is 0 Å². The van der Waals surface area contributed by atoms with E-state index in [9.17, 15) is 23.6 Å². The van der Waals surface area contributed by atoms with Gasteiger partial charge in [-0.05, 0) is 25.1 Å². The molecule has 1 aromatic heterocycles. The van der Waals surface area contributed by atoms with E-state index in [1.165, 1.54) is 28.9 Å². The number of hydrogen-bond donors (Lipinski definition) is 5. The number of rotatable bonds is 10. The number of anilines is 2.